The highest BCUT2D eigenvalue weighted by molar-refractivity contribution is 5.65. The van der Waals surface area contributed by atoms with Crippen molar-refractivity contribution in [2.75, 3.05) is 0 Å². The van der Waals surface area contributed by atoms with Crippen molar-refractivity contribution in [3.8, 4) is 28.6 Å². The van der Waals surface area contributed by atoms with Gasteiger partial charge in [0.25, 0.3) is 5.89 Å². The molecule has 0 amide bonds. The molecule has 106 valence electrons. The molecule has 1 heterocycles. The number of aryl methyl sites for hydroxylation is 2. The van der Waals surface area contributed by atoms with E-state index in [9.17, 15) is 9.50 Å². The summed E-state index contributed by atoms with van der Waals surface area (Å²) in [5.41, 5.74) is 2.63. The van der Waals surface area contributed by atoms with Crippen molar-refractivity contribution in [2.24, 2.45) is 0 Å². The van der Waals surface area contributed by atoms with Gasteiger partial charge in [-0.2, -0.15) is 4.98 Å². The number of hydrogen-bond acceptors (Lipinski definition) is 4. The zero-order valence-corrected chi connectivity index (χ0v) is 11.6. The third kappa shape index (κ3) is 2.50. The molecule has 0 radical (unpaired) electrons. The Hall–Kier alpha value is -2.69. The number of aromatic hydroxyl groups is 1. The Kier molecular flexibility index (Phi) is 3.17. The van der Waals surface area contributed by atoms with Gasteiger partial charge in [-0.1, -0.05) is 16.8 Å². The van der Waals surface area contributed by atoms with E-state index in [-0.39, 0.29) is 17.5 Å². The molecule has 0 saturated heterocycles. The summed E-state index contributed by atoms with van der Waals surface area (Å²) in [5.74, 6) is 0.382. The summed E-state index contributed by atoms with van der Waals surface area (Å²) in [6.45, 7) is 3.58. The van der Waals surface area contributed by atoms with E-state index in [2.05, 4.69) is 10.1 Å². The van der Waals surface area contributed by atoms with Crippen molar-refractivity contribution in [2.45, 2.75) is 13.8 Å². The van der Waals surface area contributed by atoms with Crippen molar-refractivity contribution in [1.82, 2.24) is 10.1 Å². The summed E-state index contributed by atoms with van der Waals surface area (Å²) in [5, 5.41) is 13.8. The molecular weight excluding hydrogens is 271 g/mol. The summed E-state index contributed by atoms with van der Waals surface area (Å²) in [6, 6.07) is 9.75. The van der Waals surface area contributed by atoms with Gasteiger partial charge in [0, 0.05) is 5.56 Å². The van der Waals surface area contributed by atoms with E-state index in [0.29, 0.717) is 22.5 Å². The molecule has 1 aromatic heterocycles. The summed E-state index contributed by atoms with van der Waals surface area (Å²) in [6.07, 6.45) is 0. The predicted molar refractivity (Wildman–Crippen MR) is 76.3 cm³/mol. The second-order valence-electron chi connectivity index (χ2n) is 4.91. The summed E-state index contributed by atoms with van der Waals surface area (Å²) >= 11 is 0. The molecule has 0 bridgehead atoms. The summed E-state index contributed by atoms with van der Waals surface area (Å²) in [7, 11) is 0. The molecule has 3 rings (SSSR count). The zero-order chi connectivity index (χ0) is 15.0. The lowest BCUT2D eigenvalue weighted by Crippen LogP contribution is -1.86. The summed E-state index contributed by atoms with van der Waals surface area (Å²) < 4.78 is 18.5. The Labute approximate surface area is 120 Å². The molecule has 0 aliphatic carbocycles. The van der Waals surface area contributed by atoms with Crippen molar-refractivity contribution in [3.63, 3.8) is 0 Å². The Bertz CT molecular complexity index is 812. The van der Waals surface area contributed by atoms with Crippen LogP contribution in [-0.2, 0) is 0 Å². The topological polar surface area (TPSA) is 59.2 Å². The maximum Gasteiger partial charge on any atom is 0.262 e. The normalized spacial score (nSPS) is 10.8. The van der Waals surface area contributed by atoms with Crippen LogP contribution in [0.5, 0.6) is 5.75 Å². The molecule has 0 aliphatic heterocycles. The lowest BCUT2D eigenvalue weighted by molar-refractivity contribution is 0.425. The van der Waals surface area contributed by atoms with Gasteiger partial charge in [0.2, 0.25) is 5.82 Å². The van der Waals surface area contributed by atoms with Gasteiger partial charge >= 0.3 is 0 Å². The first kappa shape index (κ1) is 13.3. The van der Waals surface area contributed by atoms with E-state index in [1.54, 1.807) is 37.3 Å². The third-order valence-electron chi connectivity index (χ3n) is 3.22. The fraction of sp³-hybridized carbons (Fsp3) is 0.125. The van der Waals surface area contributed by atoms with Gasteiger partial charge in [-0.05, 0) is 49.7 Å². The second-order valence-corrected chi connectivity index (χ2v) is 4.91. The molecule has 21 heavy (non-hydrogen) atoms. The monoisotopic (exact) mass is 284 g/mol. The number of benzene rings is 2. The van der Waals surface area contributed by atoms with Gasteiger partial charge in [0.1, 0.15) is 11.6 Å². The molecule has 1 N–H and O–H groups in total. The van der Waals surface area contributed by atoms with Crippen molar-refractivity contribution in [3.05, 3.63) is 53.3 Å². The Morgan fingerprint density at radius 1 is 1.10 bits per heavy atom. The predicted octanol–water partition coefficient (Wildman–Crippen LogP) is 3.87. The molecule has 0 unspecified atom stereocenters. The van der Waals surface area contributed by atoms with E-state index < -0.39 is 0 Å². The molecule has 0 atom stereocenters. The smallest absolute Gasteiger partial charge is 0.262 e. The number of rotatable bonds is 2. The quantitative estimate of drug-likeness (QED) is 0.776. The largest absolute Gasteiger partial charge is 0.507 e. The highest BCUT2D eigenvalue weighted by Gasteiger charge is 2.14. The van der Waals surface area contributed by atoms with Crippen molar-refractivity contribution in [1.29, 1.82) is 0 Å². The number of nitrogens with zero attached hydrogens (tertiary/aromatic N) is 2. The minimum Gasteiger partial charge on any atom is -0.507 e. The molecule has 3 aromatic rings. The van der Waals surface area contributed by atoms with Crippen LogP contribution in [0.1, 0.15) is 11.1 Å². The van der Waals surface area contributed by atoms with Crippen LogP contribution in [0.4, 0.5) is 4.39 Å². The fourth-order valence-corrected chi connectivity index (χ4v) is 2.06. The first-order chi connectivity index (χ1) is 10.0. The van der Waals surface area contributed by atoms with Gasteiger partial charge in [0.05, 0.1) is 5.56 Å². The molecule has 0 spiro atoms. The average Bonchev–Trinajstić information content (AvgIpc) is 2.94. The number of hydrogen-bond donors (Lipinski definition) is 1. The van der Waals surface area contributed by atoms with Crippen LogP contribution in [-0.4, -0.2) is 15.2 Å². The number of phenols is 1. The van der Waals surface area contributed by atoms with Crippen LogP contribution >= 0.6 is 0 Å². The Morgan fingerprint density at radius 2 is 1.90 bits per heavy atom. The lowest BCUT2D eigenvalue weighted by atomic mass is 10.1. The molecule has 4 nitrogen and oxygen atoms in total. The van der Waals surface area contributed by atoms with Gasteiger partial charge < -0.3 is 9.63 Å². The molecule has 5 heteroatoms. The van der Waals surface area contributed by atoms with Crippen LogP contribution in [0.15, 0.2) is 40.9 Å². The number of aromatic nitrogens is 2. The van der Waals surface area contributed by atoms with Gasteiger partial charge in [-0.25, -0.2) is 4.39 Å². The standard InChI is InChI=1S/C16H13FN2O2/c1-9-3-6-14(20)12(7-9)16-18-15(19-21-16)11-4-5-13(17)10(2)8-11/h3-8,20H,1-2H3. The van der Waals surface area contributed by atoms with Crippen LogP contribution in [0.25, 0.3) is 22.8 Å². The highest BCUT2D eigenvalue weighted by Crippen LogP contribution is 2.30. The molecule has 0 saturated carbocycles. The summed E-state index contributed by atoms with van der Waals surface area (Å²) in [4.78, 5) is 4.26. The first-order valence-corrected chi connectivity index (χ1v) is 6.45. The van der Waals surface area contributed by atoms with E-state index in [1.165, 1.54) is 6.07 Å². The van der Waals surface area contributed by atoms with E-state index in [0.717, 1.165) is 5.56 Å². The van der Waals surface area contributed by atoms with Gasteiger partial charge in [-0.15, -0.1) is 0 Å². The van der Waals surface area contributed by atoms with Crippen molar-refractivity contribution < 1.29 is 14.0 Å². The van der Waals surface area contributed by atoms with Gasteiger partial charge in [-0.3, -0.25) is 0 Å². The number of phenolic OH excluding ortho intramolecular Hbond substituents is 1. The minimum atomic E-state index is -0.279. The maximum atomic E-state index is 13.3. The van der Waals surface area contributed by atoms with Gasteiger partial charge in [0.15, 0.2) is 0 Å². The molecule has 2 aromatic carbocycles. The zero-order valence-electron chi connectivity index (χ0n) is 11.6. The van der Waals surface area contributed by atoms with E-state index in [4.69, 9.17) is 4.52 Å². The Morgan fingerprint density at radius 3 is 2.67 bits per heavy atom. The third-order valence-corrected chi connectivity index (χ3v) is 3.22. The SMILES string of the molecule is Cc1ccc(O)c(-c2nc(-c3ccc(F)c(C)c3)no2)c1. The number of halogens is 1. The molecule has 0 fully saturated rings. The van der Waals surface area contributed by atoms with E-state index in [1.807, 2.05) is 6.92 Å². The molecule has 0 aliphatic rings. The molecular formula is C16H13FN2O2. The van der Waals surface area contributed by atoms with Crippen LogP contribution < -0.4 is 0 Å². The van der Waals surface area contributed by atoms with E-state index >= 15 is 0 Å². The maximum absolute atomic E-state index is 13.3. The lowest BCUT2D eigenvalue weighted by Gasteiger charge is -2.00. The minimum absolute atomic E-state index is 0.0751. The highest BCUT2D eigenvalue weighted by atomic mass is 19.1. The Balaban J connectivity index is 2.03. The van der Waals surface area contributed by atoms with Crippen LogP contribution in [0.2, 0.25) is 0 Å². The average molecular weight is 284 g/mol. The van der Waals surface area contributed by atoms with Crippen molar-refractivity contribution >= 4 is 0 Å². The first-order valence-electron chi connectivity index (χ1n) is 6.45. The van der Waals surface area contributed by atoms with Crippen LogP contribution in [0, 0.1) is 19.7 Å². The fourth-order valence-electron chi connectivity index (χ4n) is 2.06. The van der Waals surface area contributed by atoms with Crippen LogP contribution in [0.3, 0.4) is 0 Å². The second kappa shape index (κ2) is 5.01.